The summed E-state index contributed by atoms with van der Waals surface area (Å²) in [6.07, 6.45) is 2.19. The first-order valence-corrected chi connectivity index (χ1v) is 9.98. The second-order valence-corrected chi connectivity index (χ2v) is 7.66. The molecule has 9 nitrogen and oxygen atoms in total. The number of nitrogens with one attached hydrogen (secondary N) is 2. The summed E-state index contributed by atoms with van der Waals surface area (Å²) in [5.74, 6) is -0.596. The Morgan fingerprint density at radius 2 is 1.97 bits per heavy atom. The Labute approximate surface area is 167 Å². The smallest absolute Gasteiger partial charge is 0.329 e. The Morgan fingerprint density at radius 1 is 1.14 bits per heavy atom. The van der Waals surface area contributed by atoms with Crippen molar-refractivity contribution >= 4 is 28.8 Å². The SMILES string of the molecule is Cn1c(=O)n(C2CCC(=O)NC2=O)c2ccc(CCCN3CCNCC3=O)cc21. The molecule has 2 aliphatic rings. The fraction of sp³-hybridized carbons (Fsp3) is 0.500. The van der Waals surface area contributed by atoms with Gasteiger partial charge < -0.3 is 10.2 Å². The second-order valence-electron chi connectivity index (χ2n) is 7.66. The molecule has 1 aromatic heterocycles. The van der Waals surface area contributed by atoms with Crippen molar-refractivity contribution < 1.29 is 14.4 Å². The fourth-order valence-electron chi connectivity index (χ4n) is 4.15. The third-order valence-corrected chi connectivity index (χ3v) is 5.76. The molecule has 3 heterocycles. The molecule has 4 rings (SSSR count). The van der Waals surface area contributed by atoms with Gasteiger partial charge in [-0.1, -0.05) is 6.07 Å². The van der Waals surface area contributed by atoms with Crippen molar-refractivity contribution in [1.29, 1.82) is 0 Å². The Balaban J connectivity index is 1.53. The van der Waals surface area contributed by atoms with E-state index in [2.05, 4.69) is 10.6 Å². The van der Waals surface area contributed by atoms with Crippen LogP contribution < -0.4 is 16.3 Å². The van der Waals surface area contributed by atoms with Crippen LogP contribution in [0.5, 0.6) is 0 Å². The number of nitrogens with zero attached hydrogens (tertiary/aromatic N) is 3. The molecule has 9 heteroatoms. The van der Waals surface area contributed by atoms with Crippen molar-refractivity contribution in [2.24, 2.45) is 7.05 Å². The third kappa shape index (κ3) is 3.69. The summed E-state index contributed by atoms with van der Waals surface area (Å²) in [5, 5.41) is 5.39. The number of piperazine rings is 1. The molecule has 3 amide bonds. The minimum Gasteiger partial charge on any atom is -0.340 e. The molecule has 154 valence electrons. The molecule has 1 atom stereocenters. The van der Waals surface area contributed by atoms with Crippen LogP contribution in [0.2, 0.25) is 0 Å². The molecular weight excluding hydrogens is 374 g/mol. The molecule has 1 aromatic carbocycles. The zero-order chi connectivity index (χ0) is 20.5. The third-order valence-electron chi connectivity index (χ3n) is 5.76. The highest BCUT2D eigenvalue weighted by Gasteiger charge is 2.31. The number of hydrogen-bond donors (Lipinski definition) is 2. The molecule has 2 N–H and O–H groups in total. The van der Waals surface area contributed by atoms with Gasteiger partial charge in [-0.2, -0.15) is 0 Å². The summed E-state index contributed by atoms with van der Waals surface area (Å²) >= 11 is 0. The van der Waals surface area contributed by atoms with Crippen LogP contribution in [0.1, 0.15) is 30.9 Å². The van der Waals surface area contributed by atoms with Crippen LogP contribution in [0.15, 0.2) is 23.0 Å². The molecule has 0 bridgehead atoms. The van der Waals surface area contributed by atoms with Gasteiger partial charge >= 0.3 is 5.69 Å². The molecular formula is C20H25N5O4. The molecule has 0 radical (unpaired) electrons. The standard InChI is InChI=1S/C20H25N5O4/c1-23-16-11-13(3-2-9-24-10-8-21-12-18(24)27)4-5-14(16)25(20(23)29)15-6-7-17(26)22-19(15)28/h4-5,11,15,21H,2-3,6-10,12H2,1H3,(H,22,26,28). The van der Waals surface area contributed by atoms with Gasteiger partial charge in [-0.25, -0.2) is 4.79 Å². The summed E-state index contributed by atoms with van der Waals surface area (Å²) in [4.78, 5) is 50.2. The number of piperidine rings is 1. The van der Waals surface area contributed by atoms with Crippen molar-refractivity contribution in [3.8, 4) is 0 Å². The molecule has 0 spiro atoms. The van der Waals surface area contributed by atoms with E-state index in [1.165, 1.54) is 4.57 Å². The van der Waals surface area contributed by atoms with E-state index in [-0.39, 0.29) is 23.9 Å². The topological polar surface area (TPSA) is 105 Å². The van der Waals surface area contributed by atoms with Crippen LogP contribution in [-0.4, -0.2) is 57.9 Å². The van der Waals surface area contributed by atoms with E-state index in [9.17, 15) is 19.2 Å². The van der Waals surface area contributed by atoms with Crippen molar-refractivity contribution in [3.63, 3.8) is 0 Å². The summed E-state index contributed by atoms with van der Waals surface area (Å²) < 4.78 is 3.03. The minimum atomic E-state index is -0.673. The average Bonchev–Trinajstić information content (AvgIpc) is 2.94. The predicted molar refractivity (Wildman–Crippen MR) is 106 cm³/mol. The van der Waals surface area contributed by atoms with Gasteiger partial charge in [0, 0.05) is 33.1 Å². The first-order chi connectivity index (χ1) is 14.0. The highest BCUT2D eigenvalue weighted by Crippen LogP contribution is 2.24. The monoisotopic (exact) mass is 399 g/mol. The van der Waals surface area contributed by atoms with E-state index in [1.54, 1.807) is 11.6 Å². The quantitative estimate of drug-likeness (QED) is 0.671. The number of rotatable bonds is 5. The van der Waals surface area contributed by atoms with Crippen LogP contribution in [0.4, 0.5) is 0 Å². The van der Waals surface area contributed by atoms with E-state index in [4.69, 9.17) is 0 Å². The minimum absolute atomic E-state index is 0.135. The molecule has 1 unspecified atom stereocenters. The molecule has 2 fully saturated rings. The van der Waals surface area contributed by atoms with E-state index in [0.29, 0.717) is 18.5 Å². The lowest BCUT2D eigenvalue weighted by Crippen LogP contribution is -2.48. The van der Waals surface area contributed by atoms with Gasteiger partial charge in [-0.3, -0.25) is 28.8 Å². The number of imide groups is 1. The lowest BCUT2D eigenvalue weighted by atomic mass is 10.1. The molecule has 0 aliphatic carbocycles. The Morgan fingerprint density at radius 3 is 2.72 bits per heavy atom. The van der Waals surface area contributed by atoms with Gasteiger partial charge in [0.25, 0.3) is 0 Å². The molecule has 29 heavy (non-hydrogen) atoms. The first-order valence-electron chi connectivity index (χ1n) is 9.98. The highest BCUT2D eigenvalue weighted by atomic mass is 16.2. The van der Waals surface area contributed by atoms with Crippen molar-refractivity contribution in [2.45, 2.75) is 31.7 Å². The van der Waals surface area contributed by atoms with E-state index < -0.39 is 11.9 Å². The Hall–Kier alpha value is -2.94. The fourth-order valence-corrected chi connectivity index (χ4v) is 4.15. The van der Waals surface area contributed by atoms with Gasteiger partial charge in [0.2, 0.25) is 17.7 Å². The summed E-state index contributed by atoms with van der Waals surface area (Å²) in [5.41, 5.74) is 2.26. The number of aryl methyl sites for hydroxylation is 2. The van der Waals surface area contributed by atoms with Crippen molar-refractivity contribution in [3.05, 3.63) is 34.2 Å². The normalized spacial score (nSPS) is 20.4. The zero-order valence-corrected chi connectivity index (χ0v) is 16.4. The van der Waals surface area contributed by atoms with E-state index >= 15 is 0 Å². The number of aromatic nitrogens is 2. The number of carbonyl (C=O) groups excluding carboxylic acids is 3. The van der Waals surface area contributed by atoms with E-state index in [1.807, 2.05) is 23.1 Å². The average molecular weight is 399 g/mol. The number of carbonyl (C=O) groups is 3. The van der Waals surface area contributed by atoms with Gasteiger partial charge in [-0.05, 0) is 37.0 Å². The van der Waals surface area contributed by atoms with E-state index in [0.717, 1.165) is 43.6 Å². The first kappa shape index (κ1) is 19.4. The Kier molecular flexibility index (Phi) is 5.23. The van der Waals surface area contributed by atoms with Crippen LogP contribution in [-0.2, 0) is 27.9 Å². The van der Waals surface area contributed by atoms with Crippen molar-refractivity contribution in [2.75, 3.05) is 26.2 Å². The number of fused-ring (bicyclic) bond motifs is 1. The molecule has 2 saturated heterocycles. The van der Waals surface area contributed by atoms with Crippen LogP contribution in [0.25, 0.3) is 11.0 Å². The van der Waals surface area contributed by atoms with Gasteiger partial charge in [-0.15, -0.1) is 0 Å². The number of hydrogen-bond acceptors (Lipinski definition) is 5. The number of imidazole rings is 1. The van der Waals surface area contributed by atoms with Crippen LogP contribution in [0.3, 0.4) is 0 Å². The second kappa shape index (κ2) is 7.82. The summed E-state index contributed by atoms with van der Waals surface area (Å²) in [6.45, 7) is 2.69. The highest BCUT2D eigenvalue weighted by molar-refractivity contribution is 6.00. The van der Waals surface area contributed by atoms with Crippen molar-refractivity contribution in [1.82, 2.24) is 24.7 Å². The van der Waals surface area contributed by atoms with Crippen LogP contribution >= 0.6 is 0 Å². The maximum atomic E-state index is 12.8. The lowest BCUT2D eigenvalue weighted by Gasteiger charge is -2.27. The van der Waals surface area contributed by atoms with Gasteiger partial charge in [0.15, 0.2) is 0 Å². The maximum Gasteiger partial charge on any atom is 0.329 e. The number of amides is 3. The largest absolute Gasteiger partial charge is 0.340 e. The number of benzene rings is 1. The maximum absolute atomic E-state index is 12.8. The predicted octanol–water partition coefficient (Wildman–Crippen LogP) is -0.318. The summed E-state index contributed by atoms with van der Waals surface area (Å²) in [7, 11) is 1.69. The summed E-state index contributed by atoms with van der Waals surface area (Å²) in [6, 6.07) is 5.13. The van der Waals surface area contributed by atoms with Gasteiger partial charge in [0.05, 0.1) is 17.6 Å². The Bertz CT molecular complexity index is 1040. The van der Waals surface area contributed by atoms with Crippen LogP contribution in [0, 0.1) is 0 Å². The zero-order valence-electron chi connectivity index (χ0n) is 16.4. The molecule has 2 aliphatic heterocycles. The lowest BCUT2D eigenvalue weighted by molar-refractivity contribution is -0.136. The molecule has 0 saturated carbocycles. The molecule has 2 aromatic rings. The van der Waals surface area contributed by atoms with Gasteiger partial charge in [0.1, 0.15) is 6.04 Å².